The van der Waals surface area contributed by atoms with Crippen LogP contribution in [0.3, 0.4) is 0 Å². The normalized spacial score (nSPS) is 22.9. The molecule has 0 amide bonds. The first-order valence-electron chi connectivity index (χ1n) is 7.33. The maximum Gasteiger partial charge on any atom is 0.0236 e. The Kier molecular flexibility index (Phi) is 3.40. The summed E-state index contributed by atoms with van der Waals surface area (Å²) in [6.07, 6.45) is 7.50. The summed E-state index contributed by atoms with van der Waals surface area (Å²) in [7, 11) is 0. The van der Waals surface area contributed by atoms with Crippen LogP contribution in [-0.4, -0.2) is 23.5 Å². The highest BCUT2D eigenvalue weighted by molar-refractivity contribution is 5.28. The summed E-state index contributed by atoms with van der Waals surface area (Å²) >= 11 is 0. The molecule has 0 bridgehead atoms. The van der Waals surface area contributed by atoms with E-state index in [0.717, 1.165) is 6.54 Å². The third-order valence-corrected chi connectivity index (χ3v) is 4.71. The first kappa shape index (κ1) is 12.2. The average molecular weight is 244 g/mol. The van der Waals surface area contributed by atoms with Crippen molar-refractivity contribution in [2.24, 2.45) is 5.73 Å². The van der Waals surface area contributed by atoms with Crippen LogP contribution in [-0.2, 0) is 13.0 Å². The molecule has 0 radical (unpaired) electrons. The number of hydrogen-bond donors (Lipinski definition) is 1. The second-order valence-electron chi connectivity index (χ2n) is 6.11. The van der Waals surface area contributed by atoms with E-state index in [9.17, 15) is 0 Å². The lowest BCUT2D eigenvalue weighted by Gasteiger charge is -2.39. The van der Waals surface area contributed by atoms with Gasteiger partial charge in [0, 0.05) is 18.6 Å². The Balaban J connectivity index is 1.61. The Labute approximate surface area is 110 Å². The monoisotopic (exact) mass is 244 g/mol. The minimum atomic E-state index is 0.172. The zero-order chi connectivity index (χ0) is 12.4. The molecule has 1 aromatic rings. The smallest absolute Gasteiger partial charge is 0.0236 e. The molecule has 0 spiro atoms. The zero-order valence-electron chi connectivity index (χ0n) is 11.2. The van der Waals surface area contributed by atoms with Gasteiger partial charge in [-0.25, -0.2) is 0 Å². The van der Waals surface area contributed by atoms with E-state index in [0.29, 0.717) is 0 Å². The summed E-state index contributed by atoms with van der Waals surface area (Å²) in [6.45, 7) is 3.52. The van der Waals surface area contributed by atoms with Gasteiger partial charge in [0.15, 0.2) is 0 Å². The summed E-state index contributed by atoms with van der Waals surface area (Å²) in [4.78, 5) is 2.60. The lowest BCUT2D eigenvalue weighted by atomic mass is 9.75. The third-order valence-electron chi connectivity index (χ3n) is 4.71. The maximum absolute atomic E-state index is 6.33. The largest absolute Gasteiger partial charge is 0.325 e. The minimum absolute atomic E-state index is 0.172. The van der Waals surface area contributed by atoms with E-state index in [1.807, 2.05) is 0 Å². The van der Waals surface area contributed by atoms with Crippen molar-refractivity contribution in [3.05, 3.63) is 35.4 Å². The predicted octanol–water partition coefficient (Wildman–Crippen LogP) is 2.71. The number of nitrogens with two attached hydrogens (primary N) is 1. The summed E-state index contributed by atoms with van der Waals surface area (Å²) in [6, 6.07) is 8.90. The maximum atomic E-state index is 6.33. The molecular weight excluding hydrogens is 220 g/mol. The molecule has 1 fully saturated rings. The molecule has 3 rings (SSSR count). The van der Waals surface area contributed by atoms with E-state index in [4.69, 9.17) is 5.73 Å². The molecule has 1 aliphatic heterocycles. The Bertz CT molecular complexity index is 409. The number of aryl methyl sites for hydroxylation is 1. The Morgan fingerprint density at radius 3 is 2.61 bits per heavy atom. The van der Waals surface area contributed by atoms with Gasteiger partial charge in [-0.3, -0.25) is 4.90 Å². The van der Waals surface area contributed by atoms with Crippen molar-refractivity contribution in [2.45, 2.75) is 50.6 Å². The fourth-order valence-electron chi connectivity index (χ4n) is 3.22. The van der Waals surface area contributed by atoms with Crippen molar-refractivity contribution in [1.82, 2.24) is 4.90 Å². The van der Waals surface area contributed by atoms with E-state index in [1.165, 1.54) is 57.2 Å². The number of fused-ring (bicyclic) bond motifs is 1. The van der Waals surface area contributed by atoms with Gasteiger partial charge in [-0.2, -0.15) is 0 Å². The van der Waals surface area contributed by atoms with Crippen LogP contribution in [0.2, 0.25) is 0 Å². The summed E-state index contributed by atoms with van der Waals surface area (Å²) in [5, 5.41) is 0. The number of benzene rings is 1. The van der Waals surface area contributed by atoms with Gasteiger partial charge in [-0.05, 0) is 56.2 Å². The second-order valence-corrected chi connectivity index (χ2v) is 6.11. The number of nitrogens with zero attached hydrogens (tertiary/aromatic N) is 1. The molecule has 18 heavy (non-hydrogen) atoms. The topological polar surface area (TPSA) is 29.3 Å². The molecule has 1 heterocycles. The highest BCUT2D eigenvalue weighted by atomic mass is 15.1. The minimum Gasteiger partial charge on any atom is -0.325 e. The average Bonchev–Trinajstić information content (AvgIpc) is 2.55. The molecule has 98 valence electrons. The molecule has 2 N–H and O–H groups in total. The van der Waals surface area contributed by atoms with Crippen LogP contribution >= 0.6 is 0 Å². The molecule has 0 aromatic heterocycles. The molecule has 1 saturated carbocycles. The van der Waals surface area contributed by atoms with E-state index in [2.05, 4.69) is 29.2 Å². The number of hydrogen-bond acceptors (Lipinski definition) is 2. The SMILES string of the molecule is NC1(CCN2CCCc3ccccc3C2)CCC1. The third kappa shape index (κ3) is 2.60. The predicted molar refractivity (Wildman–Crippen MR) is 75.4 cm³/mol. The van der Waals surface area contributed by atoms with Gasteiger partial charge in [0.25, 0.3) is 0 Å². The standard InChI is InChI=1S/C16H24N2/c17-16(8-4-9-16)10-12-18-11-3-7-14-5-1-2-6-15(14)13-18/h1-2,5-6H,3-4,7-13,17H2. The van der Waals surface area contributed by atoms with Crippen LogP contribution < -0.4 is 5.73 Å². The Hall–Kier alpha value is -0.860. The molecule has 2 nitrogen and oxygen atoms in total. The molecule has 1 aliphatic carbocycles. The van der Waals surface area contributed by atoms with Gasteiger partial charge in [0.2, 0.25) is 0 Å². The van der Waals surface area contributed by atoms with Crippen LogP contribution in [0.15, 0.2) is 24.3 Å². The first-order valence-corrected chi connectivity index (χ1v) is 7.33. The molecule has 2 heteroatoms. The van der Waals surface area contributed by atoms with Crippen LogP contribution in [0.1, 0.15) is 43.2 Å². The molecule has 0 atom stereocenters. The summed E-state index contributed by atoms with van der Waals surface area (Å²) < 4.78 is 0. The molecule has 2 aliphatic rings. The Morgan fingerprint density at radius 1 is 1.11 bits per heavy atom. The van der Waals surface area contributed by atoms with Crippen molar-refractivity contribution in [3.8, 4) is 0 Å². The van der Waals surface area contributed by atoms with Crippen molar-refractivity contribution >= 4 is 0 Å². The Morgan fingerprint density at radius 2 is 1.89 bits per heavy atom. The van der Waals surface area contributed by atoms with Gasteiger partial charge in [0.1, 0.15) is 0 Å². The van der Waals surface area contributed by atoms with Gasteiger partial charge >= 0.3 is 0 Å². The van der Waals surface area contributed by atoms with Crippen molar-refractivity contribution in [3.63, 3.8) is 0 Å². The lowest BCUT2D eigenvalue weighted by Crippen LogP contribution is -2.48. The molecule has 0 saturated heterocycles. The highest BCUT2D eigenvalue weighted by Crippen LogP contribution is 2.32. The number of rotatable bonds is 3. The lowest BCUT2D eigenvalue weighted by molar-refractivity contribution is 0.178. The fourth-order valence-corrected chi connectivity index (χ4v) is 3.22. The second kappa shape index (κ2) is 5.02. The molecule has 0 unspecified atom stereocenters. The van der Waals surface area contributed by atoms with Crippen molar-refractivity contribution < 1.29 is 0 Å². The van der Waals surface area contributed by atoms with E-state index >= 15 is 0 Å². The van der Waals surface area contributed by atoms with Gasteiger partial charge in [0.05, 0.1) is 0 Å². The van der Waals surface area contributed by atoms with E-state index in [-0.39, 0.29) is 5.54 Å². The quantitative estimate of drug-likeness (QED) is 0.886. The first-order chi connectivity index (χ1) is 8.75. The van der Waals surface area contributed by atoms with Gasteiger partial charge in [-0.15, -0.1) is 0 Å². The summed E-state index contributed by atoms with van der Waals surface area (Å²) in [5.74, 6) is 0. The van der Waals surface area contributed by atoms with Crippen LogP contribution in [0.4, 0.5) is 0 Å². The zero-order valence-corrected chi connectivity index (χ0v) is 11.2. The highest BCUT2D eigenvalue weighted by Gasteiger charge is 2.32. The van der Waals surface area contributed by atoms with Gasteiger partial charge in [-0.1, -0.05) is 24.3 Å². The molecule has 1 aromatic carbocycles. The summed E-state index contributed by atoms with van der Waals surface area (Å²) in [5.41, 5.74) is 9.57. The van der Waals surface area contributed by atoms with Crippen LogP contribution in [0, 0.1) is 0 Å². The molecular formula is C16H24N2. The van der Waals surface area contributed by atoms with Crippen LogP contribution in [0.25, 0.3) is 0 Å². The van der Waals surface area contributed by atoms with Gasteiger partial charge < -0.3 is 5.73 Å². The van der Waals surface area contributed by atoms with Crippen molar-refractivity contribution in [1.29, 1.82) is 0 Å². The van der Waals surface area contributed by atoms with Crippen LogP contribution in [0.5, 0.6) is 0 Å². The van der Waals surface area contributed by atoms with E-state index in [1.54, 1.807) is 5.56 Å². The van der Waals surface area contributed by atoms with Crippen molar-refractivity contribution in [2.75, 3.05) is 13.1 Å². The van der Waals surface area contributed by atoms with E-state index < -0.39 is 0 Å². The fraction of sp³-hybridized carbons (Fsp3) is 0.625.